The summed E-state index contributed by atoms with van der Waals surface area (Å²) in [5.74, 6) is 1.22. The topological polar surface area (TPSA) is 73.6 Å². The zero-order chi connectivity index (χ0) is 19.6. The van der Waals surface area contributed by atoms with E-state index in [0.29, 0.717) is 19.0 Å². The summed E-state index contributed by atoms with van der Waals surface area (Å²) in [4.78, 5) is 12.5. The number of benzene rings is 2. The molecule has 0 bridgehead atoms. The van der Waals surface area contributed by atoms with Gasteiger partial charge in [0.05, 0.1) is 19.3 Å². The van der Waals surface area contributed by atoms with Gasteiger partial charge in [0.25, 0.3) is 0 Å². The number of hydrogen-bond donors (Lipinski definition) is 2. The Morgan fingerprint density at radius 2 is 1.59 bits per heavy atom. The van der Waals surface area contributed by atoms with Gasteiger partial charge in [0, 0.05) is 0 Å². The highest BCUT2D eigenvalue weighted by Gasteiger charge is 2.19. The molecule has 0 aliphatic heterocycles. The molecule has 0 aromatic heterocycles. The first-order valence-electron chi connectivity index (χ1n) is 9.57. The maximum atomic E-state index is 12.5. The minimum absolute atomic E-state index is 0.198. The molecule has 0 saturated carbocycles. The molecule has 27 heavy (non-hydrogen) atoms. The highest BCUT2D eigenvalue weighted by Crippen LogP contribution is 2.31. The van der Waals surface area contributed by atoms with Crippen molar-refractivity contribution in [1.82, 2.24) is 5.32 Å². The van der Waals surface area contributed by atoms with Crippen molar-refractivity contribution in [3.05, 3.63) is 59.7 Å². The molecule has 5 nitrogen and oxygen atoms in total. The third-order valence-electron chi connectivity index (χ3n) is 4.19. The van der Waals surface area contributed by atoms with E-state index in [9.17, 15) is 4.79 Å². The number of ether oxygens (including phenoxy) is 2. The summed E-state index contributed by atoms with van der Waals surface area (Å²) in [5, 5.41) is 2.98. The highest BCUT2D eigenvalue weighted by atomic mass is 16.5. The summed E-state index contributed by atoms with van der Waals surface area (Å²) in [5.41, 5.74) is 7.82. The Morgan fingerprint density at radius 3 is 2.22 bits per heavy atom. The van der Waals surface area contributed by atoms with Crippen molar-refractivity contribution in [3.63, 3.8) is 0 Å². The maximum absolute atomic E-state index is 12.5. The van der Waals surface area contributed by atoms with Crippen molar-refractivity contribution in [1.29, 1.82) is 0 Å². The SMILES string of the molecule is CCCOc1ccc(C(C)NC(=O)C(N)c2ccccc2)cc1OCCC. The molecule has 2 rings (SSSR count). The molecule has 1 amide bonds. The Hall–Kier alpha value is -2.53. The lowest BCUT2D eigenvalue weighted by Gasteiger charge is -2.20. The second-order valence-electron chi connectivity index (χ2n) is 6.52. The third-order valence-corrected chi connectivity index (χ3v) is 4.19. The largest absolute Gasteiger partial charge is 0.490 e. The Kier molecular flexibility index (Phi) is 8.14. The molecule has 0 fully saturated rings. The van der Waals surface area contributed by atoms with Crippen molar-refractivity contribution < 1.29 is 14.3 Å². The van der Waals surface area contributed by atoms with Crippen LogP contribution in [0, 0.1) is 0 Å². The van der Waals surface area contributed by atoms with E-state index in [1.807, 2.05) is 55.5 Å². The van der Waals surface area contributed by atoms with Crippen LogP contribution >= 0.6 is 0 Å². The molecule has 2 atom stereocenters. The summed E-state index contributed by atoms with van der Waals surface area (Å²) < 4.78 is 11.6. The van der Waals surface area contributed by atoms with Gasteiger partial charge in [0.2, 0.25) is 5.91 Å². The van der Waals surface area contributed by atoms with Gasteiger partial charge in [-0.2, -0.15) is 0 Å². The number of rotatable bonds is 10. The number of carbonyl (C=O) groups is 1. The molecule has 5 heteroatoms. The van der Waals surface area contributed by atoms with Gasteiger partial charge in [-0.15, -0.1) is 0 Å². The minimum Gasteiger partial charge on any atom is -0.490 e. The third kappa shape index (κ3) is 6.00. The van der Waals surface area contributed by atoms with E-state index in [1.165, 1.54) is 0 Å². The number of hydrogen-bond acceptors (Lipinski definition) is 4. The van der Waals surface area contributed by atoms with Crippen molar-refractivity contribution in [2.75, 3.05) is 13.2 Å². The molecule has 2 aromatic rings. The molecule has 0 aliphatic carbocycles. The molecule has 0 spiro atoms. The smallest absolute Gasteiger partial charge is 0.241 e. The summed E-state index contributed by atoms with van der Waals surface area (Å²) >= 11 is 0. The van der Waals surface area contributed by atoms with E-state index in [4.69, 9.17) is 15.2 Å². The summed E-state index contributed by atoms with van der Waals surface area (Å²) in [6.07, 6.45) is 1.84. The second-order valence-corrected chi connectivity index (χ2v) is 6.52. The normalized spacial score (nSPS) is 12.9. The van der Waals surface area contributed by atoms with Crippen LogP contribution in [-0.2, 0) is 4.79 Å². The lowest BCUT2D eigenvalue weighted by atomic mass is 10.0. The molecule has 0 radical (unpaired) electrons. The fraction of sp³-hybridized carbons (Fsp3) is 0.409. The van der Waals surface area contributed by atoms with Gasteiger partial charge in [-0.05, 0) is 43.0 Å². The van der Waals surface area contributed by atoms with E-state index in [0.717, 1.165) is 29.7 Å². The van der Waals surface area contributed by atoms with Crippen molar-refractivity contribution in [2.24, 2.45) is 5.73 Å². The van der Waals surface area contributed by atoms with Crippen molar-refractivity contribution in [2.45, 2.75) is 45.7 Å². The van der Waals surface area contributed by atoms with Crippen LogP contribution in [0.15, 0.2) is 48.5 Å². The lowest BCUT2D eigenvalue weighted by molar-refractivity contribution is -0.123. The first-order valence-corrected chi connectivity index (χ1v) is 9.57. The van der Waals surface area contributed by atoms with Crippen LogP contribution in [0.25, 0.3) is 0 Å². The van der Waals surface area contributed by atoms with Gasteiger partial charge in [-0.1, -0.05) is 50.2 Å². The molecule has 0 aliphatic rings. The van der Waals surface area contributed by atoms with Gasteiger partial charge in [0.1, 0.15) is 6.04 Å². The van der Waals surface area contributed by atoms with Gasteiger partial charge >= 0.3 is 0 Å². The van der Waals surface area contributed by atoms with Crippen molar-refractivity contribution in [3.8, 4) is 11.5 Å². The fourth-order valence-corrected chi connectivity index (χ4v) is 2.65. The van der Waals surface area contributed by atoms with Crippen LogP contribution in [0.4, 0.5) is 0 Å². The van der Waals surface area contributed by atoms with E-state index >= 15 is 0 Å². The average molecular weight is 370 g/mol. The fourth-order valence-electron chi connectivity index (χ4n) is 2.65. The molecule has 2 aromatic carbocycles. The molecule has 0 saturated heterocycles. The molecular formula is C22H30N2O3. The quantitative estimate of drug-likeness (QED) is 0.659. The van der Waals surface area contributed by atoms with E-state index in [-0.39, 0.29) is 11.9 Å². The van der Waals surface area contributed by atoms with Crippen LogP contribution in [0.2, 0.25) is 0 Å². The first kappa shape index (κ1) is 20.8. The van der Waals surface area contributed by atoms with Crippen LogP contribution in [0.3, 0.4) is 0 Å². The van der Waals surface area contributed by atoms with Crippen LogP contribution < -0.4 is 20.5 Å². The van der Waals surface area contributed by atoms with Crippen LogP contribution in [0.1, 0.15) is 56.8 Å². The molecule has 146 valence electrons. The standard InChI is InChI=1S/C22H30N2O3/c1-4-13-26-19-12-11-18(15-20(19)27-14-5-2)16(3)24-22(25)21(23)17-9-7-6-8-10-17/h6-12,15-16,21H,4-5,13-14,23H2,1-3H3,(H,24,25). The van der Waals surface area contributed by atoms with Gasteiger partial charge in [-0.25, -0.2) is 0 Å². The first-order chi connectivity index (χ1) is 13.1. The number of carbonyl (C=O) groups excluding carboxylic acids is 1. The van der Waals surface area contributed by atoms with Crippen LogP contribution in [-0.4, -0.2) is 19.1 Å². The van der Waals surface area contributed by atoms with Gasteiger partial charge in [0.15, 0.2) is 11.5 Å². The second kappa shape index (κ2) is 10.6. The number of nitrogens with one attached hydrogen (secondary N) is 1. The Balaban J connectivity index is 2.10. The van der Waals surface area contributed by atoms with Crippen molar-refractivity contribution >= 4 is 5.91 Å². The number of amides is 1. The van der Waals surface area contributed by atoms with E-state index in [1.54, 1.807) is 0 Å². The van der Waals surface area contributed by atoms with E-state index < -0.39 is 6.04 Å². The summed E-state index contributed by atoms with van der Waals surface area (Å²) in [6.45, 7) is 7.31. The average Bonchev–Trinajstić information content (AvgIpc) is 2.70. The Bertz CT molecular complexity index is 719. The van der Waals surface area contributed by atoms with E-state index in [2.05, 4.69) is 19.2 Å². The zero-order valence-electron chi connectivity index (χ0n) is 16.4. The lowest BCUT2D eigenvalue weighted by Crippen LogP contribution is -2.35. The monoisotopic (exact) mass is 370 g/mol. The summed E-state index contributed by atoms with van der Waals surface area (Å²) in [6, 6.07) is 14.2. The van der Waals surface area contributed by atoms with Gasteiger partial charge < -0.3 is 20.5 Å². The molecule has 0 heterocycles. The predicted octanol–water partition coefficient (Wildman–Crippen LogP) is 4.14. The Morgan fingerprint density at radius 1 is 0.963 bits per heavy atom. The Labute approximate surface area is 161 Å². The van der Waals surface area contributed by atoms with Gasteiger partial charge in [-0.3, -0.25) is 4.79 Å². The zero-order valence-corrected chi connectivity index (χ0v) is 16.4. The molecular weight excluding hydrogens is 340 g/mol. The minimum atomic E-state index is -0.698. The molecule has 2 unspecified atom stereocenters. The number of nitrogens with two attached hydrogens (primary N) is 1. The molecule has 3 N–H and O–H groups in total. The summed E-state index contributed by atoms with van der Waals surface area (Å²) in [7, 11) is 0. The maximum Gasteiger partial charge on any atom is 0.241 e. The van der Waals surface area contributed by atoms with Crippen LogP contribution in [0.5, 0.6) is 11.5 Å². The predicted molar refractivity (Wildman–Crippen MR) is 108 cm³/mol. The highest BCUT2D eigenvalue weighted by molar-refractivity contribution is 5.83.